The van der Waals surface area contributed by atoms with Crippen molar-refractivity contribution < 1.29 is 19.5 Å². The molecule has 0 aliphatic rings. The number of ether oxygens (including phenoxy) is 1. The lowest BCUT2D eigenvalue weighted by Gasteiger charge is -2.26. The van der Waals surface area contributed by atoms with Gasteiger partial charge in [-0.25, -0.2) is 4.79 Å². The number of hydrogen-bond acceptors (Lipinski definition) is 5. The number of nitrogens with one attached hydrogen (secondary N) is 1. The summed E-state index contributed by atoms with van der Waals surface area (Å²) in [7, 11) is 1.42. The van der Waals surface area contributed by atoms with Crippen molar-refractivity contribution in [1.82, 2.24) is 5.48 Å². The summed E-state index contributed by atoms with van der Waals surface area (Å²) in [6.45, 7) is 4.72. The molecule has 0 aliphatic heterocycles. The van der Waals surface area contributed by atoms with Crippen LogP contribution in [0.3, 0.4) is 0 Å². The first kappa shape index (κ1) is 12.1. The Kier molecular flexibility index (Phi) is 5.29. The van der Waals surface area contributed by atoms with Crippen molar-refractivity contribution in [3.05, 3.63) is 12.7 Å². The van der Waals surface area contributed by atoms with Crippen molar-refractivity contribution in [2.24, 2.45) is 0 Å². The summed E-state index contributed by atoms with van der Waals surface area (Å²) >= 11 is 0. The summed E-state index contributed by atoms with van der Waals surface area (Å²) in [4.78, 5) is 15.3. The Labute approximate surface area is 77.3 Å². The van der Waals surface area contributed by atoms with E-state index in [1.807, 2.05) is 0 Å². The summed E-state index contributed by atoms with van der Waals surface area (Å²) in [5.74, 6) is -0.530. The van der Waals surface area contributed by atoms with Crippen LogP contribution in [0.15, 0.2) is 12.7 Å². The van der Waals surface area contributed by atoms with Gasteiger partial charge in [-0.1, -0.05) is 6.58 Å². The Morgan fingerprint density at radius 2 is 2.38 bits per heavy atom. The predicted octanol–water partition coefficient (Wildman–Crippen LogP) is -0.382. The van der Waals surface area contributed by atoms with Gasteiger partial charge < -0.3 is 14.7 Å². The summed E-state index contributed by atoms with van der Waals surface area (Å²) in [6.07, 6.45) is 1.06. The van der Waals surface area contributed by atoms with E-state index < -0.39 is 11.5 Å². The maximum atomic E-state index is 10.7. The van der Waals surface area contributed by atoms with Gasteiger partial charge in [-0.15, -0.1) is 0 Å². The first-order valence-corrected chi connectivity index (χ1v) is 3.78. The highest BCUT2D eigenvalue weighted by molar-refractivity contribution is 5.81. The molecule has 0 aliphatic carbocycles. The number of aliphatic hydroxyl groups excluding tert-OH is 1. The summed E-state index contributed by atoms with van der Waals surface area (Å²) in [6, 6.07) is 0. The third kappa shape index (κ3) is 4.62. The molecule has 0 saturated carbocycles. The molecule has 5 nitrogen and oxygen atoms in total. The highest BCUT2D eigenvalue weighted by Gasteiger charge is 2.24. The maximum Gasteiger partial charge on any atom is 0.330 e. The second kappa shape index (κ2) is 5.69. The molecule has 2 N–H and O–H groups in total. The molecule has 0 bridgehead atoms. The number of carbonyl (C=O) groups is 1. The fraction of sp³-hybridized carbons (Fsp3) is 0.625. The molecule has 0 fully saturated rings. The lowest BCUT2D eigenvalue weighted by molar-refractivity contribution is -0.143. The standard InChI is InChI=1S/C8H15NO4/c1-4-7(11)13-6-8(2,5-10)9-12-3/h4,9-10H,1,5-6H2,2-3H3. The molecule has 13 heavy (non-hydrogen) atoms. The zero-order chi connectivity index (χ0) is 10.3. The van der Waals surface area contributed by atoms with E-state index in [0.717, 1.165) is 6.08 Å². The summed E-state index contributed by atoms with van der Waals surface area (Å²) in [5.41, 5.74) is 1.74. The monoisotopic (exact) mass is 189 g/mol. The Morgan fingerprint density at radius 1 is 1.77 bits per heavy atom. The first-order valence-electron chi connectivity index (χ1n) is 3.78. The average Bonchev–Trinajstić information content (AvgIpc) is 2.15. The highest BCUT2D eigenvalue weighted by Crippen LogP contribution is 2.03. The maximum absolute atomic E-state index is 10.7. The minimum Gasteiger partial charge on any atom is -0.460 e. The molecule has 0 radical (unpaired) electrons. The van der Waals surface area contributed by atoms with Crippen LogP contribution in [-0.4, -0.2) is 36.9 Å². The molecular weight excluding hydrogens is 174 g/mol. The number of rotatable bonds is 6. The number of aliphatic hydroxyl groups is 1. The summed E-state index contributed by atoms with van der Waals surface area (Å²) < 4.78 is 4.74. The van der Waals surface area contributed by atoms with Crippen LogP contribution in [0.4, 0.5) is 0 Å². The summed E-state index contributed by atoms with van der Waals surface area (Å²) in [5, 5.41) is 8.94. The second-order valence-electron chi connectivity index (χ2n) is 2.84. The molecule has 0 aromatic carbocycles. The lowest BCUT2D eigenvalue weighted by Crippen LogP contribution is -2.49. The minimum atomic E-state index is -0.784. The van der Waals surface area contributed by atoms with Crippen LogP contribution in [0.2, 0.25) is 0 Å². The number of esters is 1. The fourth-order valence-corrected chi connectivity index (χ4v) is 0.643. The largest absolute Gasteiger partial charge is 0.460 e. The van der Waals surface area contributed by atoms with Crippen LogP contribution in [-0.2, 0) is 14.4 Å². The van der Waals surface area contributed by atoms with Gasteiger partial charge in [-0.3, -0.25) is 0 Å². The Bertz CT molecular complexity index is 183. The van der Waals surface area contributed by atoms with Crippen molar-refractivity contribution in [3.8, 4) is 0 Å². The van der Waals surface area contributed by atoms with Crippen molar-refractivity contribution in [3.63, 3.8) is 0 Å². The van der Waals surface area contributed by atoms with E-state index in [1.165, 1.54) is 7.11 Å². The van der Waals surface area contributed by atoms with Gasteiger partial charge in [0.15, 0.2) is 0 Å². The molecule has 0 aromatic rings. The number of hydroxylamine groups is 1. The van der Waals surface area contributed by atoms with Gasteiger partial charge in [-0.05, 0) is 6.92 Å². The number of carbonyl (C=O) groups excluding carboxylic acids is 1. The van der Waals surface area contributed by atoms with Gasteiger partial charge in [-0.2, -0.15) is 5.48 Å². The number of hydrogen-bond donors (Lipinski definition) is 2. The Morgan fingerprint density at radius 3 is 2.77 bits per heavy atom. The quantitative estimate of drug-likeness (QED) is 0.338. The van der Waals surface area contributed by atoms with Crippen LogP contribution in [0.5, 0.6) is 0 Å². The van der Waals surface area contributed by atoms with Gasteiger partial charge >= 0.3 is 5.97 Å². The van der Waals surface area contributed by atoms with E-state index in [9.17, 15) is 4.79 Å². The SMILES string of the molecule is C=CC(=O)OCC(C)(CO)NOC. The lowest BCUT2D eigenvalue weighted by atomic mass is 10.1. The van der Waals surface area contributed by atoms with E-state index in [4.69, 9.17) is 9.84 Å². The van der Waals surface area contributed by atoms with E-state index in [-0.39, 0.29) is 13.2 Å². The van der Waals surface area contributed by atoms with Crippen molar-refractivity contribution in [2.75, 3.05) is 20.3 Å². The Balaban J connectivity index is 3.96. The van der Waals surface area contributed by atoms with Crippen LogP contribution in [0.1, 0.15) is 6.92 Å². The molecule has 0 heterocycles. The first-order chi connectivity index (χ1) is 6.08. The van der Waals surface area contributed by atoms with Gasteiger partial charge in [0, 0.05) is 6.08 Å². The van der Waals surface area contributed by atoms with Crippen molar-refractivity contribution in [1.29, 1.82) is 0 Å². The molecule has 1 unspecified atom stereocenters. The third-order valence-corrected chi connectivity index (χ3v) is 1.40. The third-order valence-electron chi connectivity index (χ3n) is 1.40. The second-order valence-corrected chi connectivity index (χ2v) is 2.84. The van der Waals surface area contributed by atoms with E-state index >= 15 is 0 Å². The Hall–Kier alpha value is -0.910. The highest BCUT2D eigenvalue weighted by atomic mass is 16.6. The van der Waals surface area contributed by atoms with E-state index in [0.29, 0.717) is 0 Å². The zero-order valence-electron chi connectivity index (χ0n) is 7.87. The van der Waals surface area contributed by atoms with Gasteiger partial charge in [0.1, 0.15) is 6.61 Å². The van der Waals surface area contributed by atoms with Crippen LogP contribution in [0.25, 0.3) is 0 Å². The smallest absolute Gasteiger partial charge is 0.330 e. The van der Waals surface area contributed by atoms with Crippen LogP contribution >= 0.6 is 0 Å². The van der Waals surface area contributed by atoms with Crippen molar-refractivity contribution in [2.45, 2.75) is 12.5 Å². The molecule has 1 atom stereocenters. The molecule has 0 spiro atoms. The fourth-order valence-electron chi connectivity index (χ4n) is 0.643. The molecule has 0 rings (SSSR count). The minimum absolute atomic E-state index is 0.0161. The van der Waals surface area contributed by atoms with Gasteiger partial charge in [0.05, 0.1) is 19.3 Å². The van der Waals surface area contributed by atoms with E-state index in [2.05, 4.69) is 16.9 Å². The normalized spacial score (nSPS) is 14.7. The van der Waals surface area contributed by atoms with Gasteiger partial charge in [0.2, 0.25) is 0 Å². The molecule has 0 amide bonds. The molecular formula is C8H15NO4. The molecule has 0 aromatic heterocycles. The predicted molar refractivity (Wildman–Crippen MR) is 46.8 cm³/mol. The molecule has 76 valence electrons. The topological polar surface area (TPSA) is 67.8 Å². The van der Waals surface area contributed by atoms with Crippen LogP contribution < -0.4 is 5.48 Å². The van der Waals surface area contributed by atoms with Gasteiger partial charge in [0.25, 0.3) is 0 Å². The molecule has 0 saturated heterocycles. The zero-order valence-corrected chi connectivity index (χ0v) is 7.87. The average molecular weight is 189 g/mol. The van der Waals surface area contributed by atoms with E-state index in [1.54, 1.807) is 6.92 Å². The molecule has 5 heteroatoms. The van der Waals surface area contributed by atoms with Crippen molar-refractivity contribution >= 4 is 5.97 Å². The van der Waals surface area contributed by atoms with Crippen LogP contribution in [0, 0.1) is 0 Å².